The van der Waals surface area contributed by atoms with Crippen LogP contribution in [-0.2, 0) is 9.59 Å². The van der Waals surface area contributed by atoms with Crippen LogP contribution in [0.4, 0.5) is 0 Å². The normalized spacial score (nSPS) is 11.3. The van der Waals surface area contributed by atoms with E-state index >= 15 is 0 Å². The van der Waals surface area contributed by atoms with Gasteiger partial charge in [-0.3, -0.25) is 4.79 Å². The van der Waals surface area contributed by atoms with Crippen molar-refractivity contribution >= 4 is 11.9 Å². The summed E-state index contributed by atoms with van der Waals surface area (Å²) in [4.78, 5) is 20.4. The van der Waals surface area contributed by atoms with E-state index < -0.39 is 11.9 Å². The molecule has 2 N–H and O–H groups in total. The van der Waals surface area contributed by atoms with E-state index in [0.717, 1.165) is 0 Å². The van der Waals surface area contributed by atoms with Crippen LogP contribution in [0.3, 0.4) is 0 Å². The minimum absolute atomic E-state index is 0.288. The predicted molar refractivity (Wildman–Crippen MR) is 38.7 cm³/mol. The highest BCUT2D eigenvalue weighted by Crippen LogP contribution is 1.86. The van der Waals surface area contributed by atoms with Gasteiger partial charge in [0.05, 0.1) is 0 Å². The standard InChI is InChI=1S/C7H9NO3/c1-3-4-5(2)8-6(9)7(10)11/h1,5H,4H2,2H3,(H,8,9)(H,10,11). The Morgan fingerprint density at radius 3 is 2.64 bits per heavy atom. The maximum absolute atomic E-state index is 10.4. The minimum Gasteiger partial charge on any atom is -0.474 e. The van der Waals surface area contributed by atoms with Crippen molar-refractivity contribution in [2.24, 2.45) is 0 Å². The fourth-order valence-electron chi connectivity index (χ4n) is 0.513. The maximum Gasteiger partial charge on any atom is 0.394 e. The van der Waals surface area contributed by atoms with Gasteiger partial charge in [0, 0.05) is 12.5 Å². The molecule has 0 aliphatic carbocycles. The summed E-state index contributed by atoms with van der Waals surface area (Å²) in [5.41, 5.74) is 0. The highest BCUT2D eigenvalue weighted by Gasteiger charge is 2.12. The van der Waals surface area contributed by atoms with Gasteiger partial charge in [-0.1, -0.05) is 0 Å². The van der Waals surface area contributed by atoms with Crippen LogP contribution < -0.4 is 5.32 Å². The smallest absolute Gasteiger partial charge is 0.394 e. The number of amides is 1. The quantitative estimate of drug-likeness (QED) is 0.421. The van der Waals surface area contributed by atoms with Gasteiger partial charge >= 0.3 is 11.9 Å². The second-order valence-corrected chi connectivity index (χ2v) is 2.09. The van der Waals surface area contributed by atoms with Gasteiger partial charge in [-0.15, -0.1) is 12.3 Å². The van der Waals surface area contributed by atoms with E-state index in [1.807, 2.05) is 0 Å². The van der Waals surface area contributed by atoms with Crippen LogP contribution in [-0.4, -0.2) is 23.0 Å². The molecule has 0 aromatic carbocycles. The minimum atomic E-state index is -1.49. The van der Waals surface area contributed by atoms with E-state index in [2.05, 4.69) is 11.2 Å². The second kappa shape index (κ2) is 4.34. The molecule has 60 valence electrons. The van der Waals surface area contributed by atoms with Gasteiger partial charge in [0.2, 0.25) is 0 Å². The van der Waals surface area contributed by atoms with E-state index in [-0.39, 0.29) is 6.04 Å². The van der Waals surface area contributed by atoms with Crippen LogP contribution >= 0.6 is 0 Å². The van der Waals surface area contributed by atoms with Crippen LogP contribution in [0.25, 0.3) is 0 Å². The molecule has 1 unspecified atom stereocenters. The summed E-state index contributed by atoms with van der Waals surface area (Å²) in [7, 11) is 0. The Morgan fingerprint density at radius 1 is 1.73 bits per heavy atom. The number of hydrogen-bond acceptors (Lipinski definition) is 2. The third kappa shape index (κ3) is 3.98. The number of carbonyl (C=O) groups excluding carboxylic acids is 1. The zero-order chi connectivity index (χ0) is 8.85. The Balaban J connectivity index is 3.77. The van der Waals surface area contributed by atoms with Crippen molar-refractivity contribution in [1.82, 2.24) is 5.32 Å². The van der Waals surface area contributed by atoms with Gasteiger partial charge in [0.15, 0.2) is 0 Å². The Hall–Kier alpha value is -1.50. The molecule has 0 saturated heterocycles. The lowest BCUT2D eigenvalue weighted by Gasteiger charge is -2.06. The Bertz CT molecular complexity index is 204. The summed E-state index contributed by atoms with van der Waals surface area (Å²) >= 11 is 0. The average Bonchev–Trinajstić information content (AvgIpc) is 1.87. The highest BCUT2D eigenvalue weighted by atomic mass is 16.4. The lowest BCUT2D eigenvalue weighted by atomic mass is 10.2. The number of aliphatic carboxylic acids is 1. The van der Waals surface area contributed by atoms with Gasteiger partial charge in [0.25, 0.3) is 0 Å². The fourth-order valence-corrected chi connectivity index (χ4v) is 0.513. The molecular weight excluding hydrogens is 146 g/mol. The van der Waals surface area contributed by atoms with Crippen LogP contribution in [0.1, 0.15) is 13.3 Å². The molecule has 0 bridgehead atoms. The summed E-state index contributed by atoms with van der Waals surface area (Å²) < 4.78 is 0. The molecule has 0 aromatic rings. The zero-order valence-corrected chi connectivity index (χ0v) is 6.13. The molecule has 0 radical (unpaired) electrons. The molecule has 0 spiro atoms. The molecule has 0 heterocycles. The van der Waals surface area contributed by atoms with Crippen molar-refractivity contribution in [2.75, 3.05) is 0 Å². The van der Waals surface area contributed by atoms with Crippen LogP contribution in [0, 0.1) is 12.3 Å². The number of terminal acetylenes is 1. The molecule has 0 saturated carbocycles. The Morgan fingerprint density at radius 2 is 2.27 bits per heavy atom. The first-order valence-corrected chi connectivity index (χ1v) is 3.05. The number of nitrogens with one attached hydrogen (secondary N) is 1. The number of carbonyl (C=O) groups is 2. The first kappa shape index (κ1) is 9.50. The van der Waals surface area contributed by atoms with E-state index in [9.17, 15) is 9.59 Å². The van der Waals surface area contributed by atoms with E-state index in [1.54, 1.807) is 6.92 Å². The topological polar surface area (TPSA) is 66.4 Å². The molecule has 0 fully saturated rings. The van der Waals surface area contributed by atoms with E-state index in [1.165, 1.54) is 0 Å². The maximum atomic E-state index is 10.4. The molecule has 4 heteroatoms. The van der Waals surface area contributed by atoms with Crippen molar-refractivity contribution in [1.29, 1.82) is 0 Å². The van der Waals surface area contributed by atoms with Gasteiger partial charge in [-0.25, -0.2) is 4.79 Å². The number of carboxylic acids is 1. The lowest BCUT2D eigenvalue weighted by Crippen LogP contribution is -2.37. The summed E-state index contributed by atoms with van der Waals surface area (Å²) in [5.74, 6) is -0.208. The number of rotatable bonds is 2. The third-order valence-electron chi connectivity index (χ3n) is 0.996. The van der Waals surface area contributed by atoms with Crippen LogP contribution in [0.2, 0.25) is 0 Å². The second-order valence-electron chi connectivity index (χ2n) is 2.09. The summed E-state index contributed by atoms with van der Waals surface area (Å²) in [6.07, 6.45) is 5.26. The molecule has 1 atom stereocenters. The first-order chi connectivity index (χ1) is 5.07. The molecule has 4 nitrogen and oxygen atoms in total. The third-order valence-corrected chi connectivity index (χ3v) is 0.996. The molecule has 0 aromatic heterocycles. The molecule has 0 aliphatic rings. The van der Waals surface area contributed by atoms with Crippen LogP contribution in [0.5, 0.6) is 0 Å². The van der Waals surface area contributed by atoms with Crippen LogP contribution in [0.15, 0.2) is 0 Å². The largest absolute Gasteiger partial charge is 0.474 e. The van der Waals surface area contributed by atoms with E-state index in [0.29, 0.717) is 6.42 Å². The zero-order valence-electron chi connectivity index (χ0n) is 6.13. The highest BCUT2D eigenvalue weighted by molar-refractivity contribution is 6.31. The lowest BCUT2D eigenvalue weighted by molar-refractivity contribution is -0.150. The van der Waals surface area contributed by atoms with Crippen molar-refractivity contribution in [2.45, 2.75) is 19.4 Å². The van der Waals surface area contributed by atoms with Crippen molar-refractivity contribution < 1.29 is 14.7 Å². The average molecular weight is 155 g/mol. The fraction of sp³-hybridized carbons (Fsp3) is 0.429. The molecule has 0 rings (SSSR count). The molecule has 11 heavy (non-hydrogen) atoms. The molecule has 1 amide bonds. The number of hydrogen-bond donors (Lipinski definition) is 2. The first-order valence-electron chi connectivity index (χ1n) is 3.05. The molecule has 0 aliphatic heterocycles. The molecular formula is C7H9NO3. The predicted octanol–water partition coefficient (Wildman–Crippen LogP) is -0.401. The SMILES string of the molecule is C#CCC(C)NC(=O)C(=O)O. The summed E-state index contributed by atoms with van der Waals surface area (Å²) in [6, 6.07) is -0.288. The van der Waals surface area contributed by atoms with Gasteiger partial charge in [-0.2, -0.15) is 0 Å². The van der Waals surface area contributed by atoms with Crippen molar-refractivity contribution in [3.63, 3.8) is 0 Å². The van der Waals surface area contributed by atoms with Crippen molar-refractivity contribution in [3.05, 3.63) is 0 Å². The summed E-state index contributed by atoms with van der Waals surface area (Å²) in [5, 5.41) is 10.3. The van der Waals surface area contributed by atoms with Gasteiger partial charge < -0.3 is 10.4 Å². The van der Waals surface area contributed by atoms with Gasteiger partial charge in [-0.05, 0) is 6.92 Å². The number of carboxylic acid groups (broad SMARTS) is 1. The summed E-state index contributed by atoms with van der Waals surface area (Å²) in [6.45, 7) is 1.64. The van der Waals surface area contributed by atoms with E-state index in [4.69, 9.17) is 11.5 Å². The Kier molecular flexibility index (Phi) is 3.75. The Labute approximate surface area is 64.6 Å². The van der Waals surface area contributed by atoms with Crippen molar-refractivity contribution in [3.8, 4) is 12.3 Å². The van der Waals surface area contributed by atoms with Gasteiger partial charge in [0.1, 0.15) is 0 Å². The monoisotopic (exact) mass is 155 g/mol.